The van der Waals surface area contributed by atoms with Crippen molar-refractivity contribution >= 4 is 11.7 Å². The van der Waals surface area contributed by atoms with Crippen molar-refractivity contribution < 1.29 is 9.59 Å². The van der Waals surface area contributed by atoms with Crippen molar-refractivity contribution in [1.82, 2.24) is 10.2 Å². The van der Waals surface area contributed by atoms with E-state index in [1.54, 1.807) is 6.92 Å². The number of nitrogens with zero attached hydrogens (tertiary/aromatic N) is 1. The Morgan fingerprint density at radius 2 is 1.94 bits per heavy atom. The van der Waals surface area contributed by atoms with E-state index in [1.807, 2.05) is 6.92 Å². The lowest BCUT2D eigenvalue weighted by Crippen LogP contribution is -2.44. The molecule has 1 aliphatic rings. The van der Waals surface area contributed by atoms with Crippen LogP contribution in [0.4, 0.5) is 0 Å². The number of nitrogens with one attached hydrogen (secondary N) is 1. The molecule has 0 aromatic heterocycles. The molecule has 1 fully saturated rings. The van der Waals surface area contributed by atoms with Crippen molar-refractivity contribution in [2.45, 2.75) is 52.5 Å². The average Bonchev–Trinajstić information content (AvgIpc) is 2.29. The second-order valence-electron chi connectivity index (χ2n) is 5.42. The topological polar surface area (TPSA) is 49.4 Å². The number of amides is 1. The molecule has 0 bridgehead atoms. The van der Waals surface area contributed by atoms with Gasteiger partial charge in [-0.1, -0.05) is 13.3 Å². The van der Waals surface area contributed by atoms with Gasteiger partial charge in [0.15, 0.2) is 0 Å². The minimum atomic E-state index is 0.109. The van der Waals surface area contributed by atoms with Crippen molar-refractivity contribution in [3.63, 3.8) is 0 Å². The lowest BCUT2D eigenvalue weighted by Gasteiger charge is -2.30. The fourth-order valence-electron chi connectivity index (χ4n) is 2.53. The number of Topliss-reactive ketones (excluding diaryl/α,β-unsaturated/α-hetero) is 1. The van der Waals surface area contributed by atoms with Crippen molar-refractivity contribution in [3.05, 3.63) is 0 Å². The number of piperidine rings is 1. The molecule has 1 rings (SSSR count). The molecular formula is C14H26N2O2. The number of ketones is 1. The first-order chi connectivity index (χ1) is 8.52. The van der Waals surface area contributed by atoms with Gasteiger partial charge in [-0.2, -0.15) is 0 Å². The Kier molecular flexibility index (Phi) is 6.33. The van der Waals surface area contributed by atoms with E-state index in [-0.39, 0.29) is 23.7 Å². The molecular weight excluding hydrogens is 228 g/mol. The van der Waals surface area contributed by atoms with E-state index in [2.05, 4.69) is 17.1 Å². The minimum Gasteiger partial charge on any atom is -0.353 e. The van der Waals surface area contributed by atoms with E-state index in [1.165, 1.54) is 0 Å². The van der Waals surface area contributed by atoms with Crippen LogP contribution in [0.2, 0.25) is 0 Å². The van der Waals surface area contributed by atoms with E-state index in [4.69, 9.17) is 0 Å². The number of hydrogen-bond donors (Lipinski definition) is 1. The molecule has 18 heavy (non-hydrogen) atoms. The summed E-state index contributed by atoms with van der Waals surface area (Å²) < 4.78 is 0. The normalized spacial score (nSPS) is 19.5. The van der Waals surface area contributed by atoms with Gasteiger partial charge in [-0.25, -0.2) is 0 Å². The zero-order chi connectivity index (χ0) is 13.5. The molecule has 0 radical (unpaired) electrons. The standard InChI is InChI=1S/C14H26N2O2/c1-4-5-11(2)15-14(18)10-16-8-6-13(7-9-16)12(3)17/h11,13H,4-10H2,1-3H3,(H,15,18). The van der Waals surface area contributed by atoms with E-state index >= 15 is 0 Å². The fraction of sp³-hybridized carbons (Fsp3) is 0.857. The lowest BCUT2D eigenvalue weighted by atomic mass is 9.93. The van der Waals surface area contributed by atoms with Crippen LogP contribution in [0.5, 0.6) is 0 Å². The first kappa shape index (κ1) is 15.2. The summed E-state index contributed by atoms with van der Waals surface area (Å²) in [7, 11) is 0. The molecule has 1 atom stereocenters. The second-order valence-corrected chi connectivity index (χ2v) is 5.42. The molecule has 1 saturated heterocycles. The summed E-state index contributed by atoms with van der Waals surface area (Å²) in [5, 5.41) is 3.01. The molecule has 1 amide bonds. The van der Waals surface area contributed by atoms with Gasteiger partial charge in [0.25, 0.3) is 0 Å². The minimum absolute atomic E-state index is 0.109. The van der Waals surface area contributed by atoms with Gasteiger partial charge in [0, 0.05) is 12.0 Å². The van der Waals surface area contributed by atoms with Gasteiger partial charge < -0.3 is 5.32 Å². The number of likely N-dealkylation sites (tertiary alicyclic amines) is 1. The maximum Gasteiger partial charge on any atom is 0.234 e. The Labute approximate surface area is 110 Å². The van der Waals surface area contributed by atoms with Crippen LogP contribution in [0.15, 0.2) is 0 Å². The van der Waals surface area contributed by atoms with Gasteiger partial charge >= 0.3 is 0 Å². The van der Waals surface area contributed by atoms with Crippen LogP contribution < -0.4 is 5.32 Å². The van der Waals surface area contributed by atoms with E-state index in [0.29, 0.717) is 6.54 Å². The van der Waals surface area contributed by atoms with E-state index < -0.39 is 0 Å². The largest absolute Gasteiger partial charge is 0.353 e. The number of carbonyl (C=O) groups is 2. The molecule has 1 N–H and O–H groups in total. The van der Waals surface area contributed by atoms with Crippen LogP contribution in [-0.2, 0) is 9.59 Å². The van der Waals surface area contributed by atoms with Crippen LogP contribution in [0, 0.1) is 5.92 Å². The van der Waals surface area contributed by atoms with Gasteiger partial charge in [0.1, 0.15) is 5.78 Å². The summed E-state index contributed by atoms with van der Waals surface area (Å²) in [6.07, 6.45) is 3.91. The Hall–Kier alpha value is -0.900. The third kappa shape index (κ3) is 5.17. The zero-order valence-corrected chi connectivity index (χ0v) is 11.9. The molecule has 0 spiro atoms. The predicted octanol–water partition coefficient (Wildman–Crippen LogP) is 1.59. The van der Waals surface area contributed by atoms with Crippen LogP contribution in [0.3, 0.4) is 0 Å². The summed E-state index contributed by atoms with van der Waals surface area (Å²) in [4.78, 5) is 25.2. The summed E-state index contributed by atoms with van der Waals surface area (Å²) in [6.45, 7) is 8.02. The molecule has 1 heterocycles. The second kappa shape index (κ2) is 7.52. The molecule has 0 aromatic rings. The average molecular weight is 254 g/mol. The van der Waals surface area contributed by atoms with Crippen LogP contribution in [-0.4, -0.2) is 42.3 Å². The van der Waals surface area contributed by atoms with Crippen LogP contribution >= 0.6 is 0 Å². The number of rotatable bonds is 6. The third-order valence-electron chi connectivity index (χ3n) is 3.66. The number of hydrogen-bond acceptors (Lipinski definition) is 3. The van der Waals surface area contributed by atoms with E-state index in [0.717, 1.165) is 38.8 Å². The monoisotopic (exact) mass is 254 g/mol. The highest BCUT2D eigenvalue weighted by molar-refractivity contribution is 5.79. The van der Waals surface area contributed by atoms with Gasteiger partial charge in [-0.3, -0.25) is 14.5 Å². The van der Waals surface area contributed by atoms with Crippen molar-refractivity contribution in [2.75, 3.05) is 19.6 Å². The molecule has 0 aromatic carbocycles. The fourth-order valence-corrected chi connectivity index (χ4v) is 2.53. The highest BCUT2D eigenvalue weighted by Gasteiger charge is 2.23. The smallest absolute Gasteiger partial charge is 0.234 e. The predicted molar refractivity (Wildman–Crippen MR) is 72.4 cm³/mol. The summed E-state index contributed by atoms with van der Waals surface area (Å²) >= 11 is 0. The van der Waals surface area contributed by atoms with E-state index in [9.17, 15) is 9.59 Å². The SMILES string of the molecule is CCCC(C)NC(=O)CN1CCC(C(C)=O)CC1. The van der Waals surface area contributed by atoms with Crippen molar-refractivity contribution in [1.29, 1.82) is 0 Å². The van der Waals surface area contributed by atoms with Gasteiger partial charge in [0.05, 0.1) is 6.54 Å². The van der Waals surface area contributed by atoms with Crippen LogP contribution in [0.1, 0.15) is 46.5 Å². The first-order valence-electron chi connectivity index (χ1n) is 7.05. The Balaban J connectivity index is 2.24. The van der Waals surface area contributed by atoms with Crippen LogP contribution in [0.25, 0.3) is 0 Å². The molecule has 0 aliphatic carbocycles. The van der Waals surface area contributed by atoms with Gasteiger partial charge in [0.2, 0.25) is 5.91 Å². The Bertz CT molecular complexity index is 284. The van der Waals surface area contributed by atoms with Gasteiger partial charge in [-0.05, 0) is 46.2 Å². The van der Waals surface area contributed by atoms with Gasteiger partial charge in [-0.15, -0.1) is 0 Å². The lowest BCUT2D eigenvalue weighted by molar-refractivity contribution is -0.124. The Morgan fingerprint density at radius 3 is 2.44 bits per heavy atom. The Morgan fingerprint density at radius 1 is 1.33 bits per heavy atom. The summed E-state index contributed by atoms with van der Waals surface area (Å²) in [5.41, 5.74) is 0. The quantitative estimate of drug-likeness (QED) is 0.783. The molecule has 1 aliphatic heterocycles. The van der Waals surface area contributed by atoms with Crippen molar-refractivity contribution in [2.24, 2.45) is 5.92 Å². The highest BCUT2D eigenvalue weighted by Crippen LogP contribution is 2.17. The highest BCUT2D eigenvalue weighted by atomic mass is 16.2. The van der Waals surface area contributed by atoms with Crippen molar-refractivity contribution in [3.8, 4) is 0 Å². The maximum absolute atomic E-state index is 11.8. The summed E-state index contributed by atoms with van der Waals surface area (Å²) in [6, 6.07) is 0.261. The maximum atomic E-state index is 11.8. The number of carbonyl (C=O) groups excluding carboxylic acids is 2. The molecule has 4 nitrogen and oxygen atoms in total. The third-order valence-corrected chi connectivity index (χ3v) is 3.66. The summed E-state index contributed by atoms with van der Waals surface area (Å²) in [5.74, 6) is 0.608. The molecule has 1 unspecified atom stereocenters. The zero-order valence-electron chi connectivity index (χ0n) is 11.9. The molecule has 4 heteroatoms. The molecule has 0 saturated carbocycles. The molecule has 104 valence electrons. The first-order valence-corrected chi connectivity index (χ1v) is 7.05.